The molecule has 0 fully saturated rings. The number of rotatable bonds is 6. The molecule has 0 bridgehead atoms. The van der Waals surface area contributed by atoms with Crippen molar-refractivity contribution < 1.29 is 19.5 Å². The van der Waals surface area contributed by atoms with Crippen LogP contribution in [0.5, 0.6) is 0 Å². The van der Waals surface area contributed by atoms with Gasteiger partial charge in [0.1, 0.15) is 6.04 Å². The molecule has 7 heteroatoms. The van der Waals surface area contributed by atoms with Crippen LogP contribution in [0.1, 0.15) is 19.8 Å². The lowest BCUT2D eigenvalue weighted by Gasteiger charge is -2.15. The van der Waals surface area contributed by atoms with Gasteiger partial charge in [-0.05, 0) is 13.3 Å². The van der Waals surface area contributed by atoms with Crippen LogP contribution in [0.25, 0.3) is 0 Å². The van der Waals surface area contributed by atoms with Crippen LogP contribution in [-0.4, -0.2) is 42.0 Å². The molecule has 92 valence electrons. The quantitative estimate of drug-likeness (QED) is 0.440. The van der Waals surface area contributed by atoms with Crippen molar-refractivity contribution in [2.45, 2.75) is 31.8 Å². The number of hydrogen-bond acceptors (Lipinski definition) is 4. The molecule has 16 heavy (non-hydrogen) atoms. The minimum Gasteiger partial charge on any atom is -0.480 e. The van der Waals surface area contributed by atoms with Crippen molar-refractivity contribution >= 4 is 17.8 Å². The van der Waals surface area contributed by atoms with Crippen molar-refractivity contribution in [2.24, 2.45) is 5.73 Å². The molecule has 2 atom stereocenters. The Kier molecular flexibility index (Phi) is 6.09. The maximum Gasteiger partial charge on any atom is 0.326 e. The molecule has 0 saturated heterocycles. The summed E-state index contributed by atoms with van der Waals surface area (Å²) >= 11 is 0. The highest BCUT2D eigenvalue weighted by atomic mass is 16.4. The summed E-state index contributed by atoms with van der Waals surface area (Å²) < 4.78 is 0. The number of carbonyl (C=O) groups excluding carboxylic acids is 2. The molecular formula is C9H17N3O4. The van der Waals surface area contributed by atoms with Gasteiger partial charge in [-0.15, -0.1) is 0 Å². The van der Waals surface area contributed by atoms with Crippen molar-refractivity contribution in [2.75, 3.05) is 7.05 Å². The number of hydrogen-bond donors (Lipinski definition) is 4. The number of carboxylic acids is 1. The van der Waals surface area contributed by atoms with Crippen LogP contribution >= 0.6 is 0 Å². The molecule has 0 rings (SSSR count). The van der Waals surface area contributed by atoms with E-state index in [2.05, 4.69) is 10.6 Å². The van der Waals surface area contributed by atoms with E-state index in [0.29, 0.717) is 0 Å². The van der Waals surface area contributed by atoms with Crippen molar-refractivity contribution in [3.8, 4) is 0 Å². The van der Waals surface area contributed by atoms with Gasteiger partial charge >= 0.3 is 5.97 Å². The molecule has 0 saturated carbocycles. The minimum absolute atomic E-state index is 0.0344. The monoisotopic (exact) mass is 231 g/mol. The van der Waals surface area contributed by atoms with Crippen molar-refractivity contribution in [1.82, 2.24) is 10.6 Å². The number of nitrogens with one attached hydrogen (secondary N) is 2. The summed E-state index contributed by atoms with van der Waals surface area (Å²) in [5.41, 5.74) is 5.28. The molecule has 0 aromatic carbocycles. The van der Waals surface area contributed by atoms with E-state index >= 15 is 0 Å². The first-order valence-electron chi connectivity index (χ1n) is 4.87. The highest BCUT2D eigenvalue weighted by Crippen LogP contribution is 1.98. The van der Waals surface area contributed by atoms with E-state index in [-0.39, 0.29) is 18.7 Å². The largest absolute Gasteiger partial charge is 0.480 e. The van der Waals surface area contributed by atoms with Gasteiger partial charge in [0.15, 0.2) is 0 Å². The zero-order valence-corrected chi connectivity index (χ0v) is 9.32. The lowest BCUT2D eigenvalue weighted by atomic mass is 10.1. The van der Waals surface area contributed by atoms with Gasteiger partial charge in [0.25, 0.3) is 0 Å². The molecule has 7 nitrogen and oxygen atoms in total. The summed E-state index contributed by atoms with van der Waals surface area (Å²) in [4.78, 5) is 32.9. The van der Waals surface area contributed by atoms with E-state index in [9.17, 15) is 14.4 Å². The second-order valence-electron chi connectivity index (χ2n) is 3.40. The maximum atomic E-state index is 11.2. The zero-order valence-electron chi connectivity index (χ0n) is 9.32. The number of nitrogens with two attached hydrogens (primary N) is 1. The Morgan fingerprint density at radius 1 is 1.38 bits per heavy atom. The fourth-order valence-corrected chi connectivity index (χ4v) is 0.961. The number of carboxylic acid groups (broad SMARTS) is 1. The fraction of sp³-hybridized carbons (Fsp3) is 0.667. The summed E-state index contributed by atoms with van der Waals surface area (Å²) in [6.45, 7) is 1.45. The van der Waals surface area contributed by atoms with Gasteiger partial charge in [-0.1, -0.05) is 0 Å². The minimum atomic E-state index is -1.18. The average Bonchev–Trinajstić information content (AvgIpc) is 2.22. The van der Waals surface area contributed by atoms with Crippen LogP contribution in [0, 0.1) is 0 Å². The Morgan fingerprint density at radius 2 is 1.94 bits per heavy atom. The Balaban J connectivity index is 4.24. The maximum absolute atomic E-state index is 11.2. The van der Waals surface area contributed by atoms with Crippen LogP contribution < -0.4 is 16.4 Å². The lowest BCUT2D eigenvalue weighted by molar-refractivity contribution is -0.142. The van der Waals surface area contributed by atoms with E-state index in [1.54, 1.807) is 0 Å². The molecule has 0 aromatic heterocycles. The molecule has 0 heterocycles. The average molecular weight is 231 g/mol. The third-order valence-corrected chi connectivity index (χ3v) is 1.97. The molecule has 5 N–H and O–H groups in total. The predicted molar refractivity (Wildman–Crippen MR) is 56.5 cm³/mol. The van der Waals surface area contributed by atoms with Crippen molar-refractivity contribution in [1.29, 1.82) is 0 Å². The first-order chi connectivity index (χ1) is 7.38. The van der Waals surface area contributed by atoms with E-state index in [1.165, 1.54) is 14.0 Å². The van der Waals surface area contributed by atoms with Crippen LogP contribution in [0.3, 0.4) is 0 Å². The zero-order chi connectivity index (χ0) is 12.7. The van der Waals surface area contributed by atoms with E-state index < -0.39 is 24.0 Å². The summed E-state index contributed by atoms with van der Waals surface area (Å²) in [6, 6.07) is -1.86. The summed E-state index contributed by atoms with van der Waals surface area (Å²) in [5.74, 6) is -2.01. The van der Waals surface area contributed by atoms with Crippen molar-refractivity contribution in [3.63, 3.8) is 0 Å². The summed E-state index contributed by atoms with van der Waals surface area (Å²) in [5, 5.41) is 13.4. The first kappa shape index (κ1) is 14.4. The number of aliphatic carboxylic acids is 1. The van der Waals surface area contributed by atoms with Crippen LogP contribution in [0.4, 0.5) is 0 Å². The number of carbonyl (C=O) groups is 3. The molecule has 2 amide bonds. The van der Waals surface area contributed by atoms with Gasteiger partial charge < -0.3 is 21.5 Å². The van der Waals surface area contributed by atoms with Crippen LogP contribution in [-0.2, 0) is 14.4 Å². The highest BCUT2D eigenvalue weighted by Gasteiger charge is 2.21. The lowest BCUT2D eigenvalue weighted by Crippen LogP contribution is -2.47. The molecule has 2 unspecified atom stereocenters. The van der Waals surface area contributed by atoms with Gasteiger partial charge in [-0.2, -0.15) is 0 Å². The Labute approximate surface area is 93.4 Å². The SMILES string of the molecule is CNC(=O)CCC(NC(=O)C(C)N)C(=O)O. The second kappa shape index (κ2) is 6.78. The highest BCUT2D eigenvalue weighted by molar-refractivity contribution is 5.87. The second-order valence-corrected chi connectivity index (χ2v) is 3.40. The van der Waals surface area contributed by atoms with Gasteiger partial charge in [0, 0.05) is 13.5 Å². The van der Waals surface area contributed by atoms with Gasteiger partial charge in [-0.25, -0.2) is 4.79 Å². The van der Waals surface area contributed by atoms with Crippen LogP contribution in [0.2, 0.25) is 0 Å². The Hall–Kier alpha value is -1.63. The Morgan fingerprint density at radius 3 is 2.31 bits per heavy atom. The van der Waals surface area contributed by atoms with E-state index in [4.69, 9.17) is 10.8 Å². The van der Waals surface area contributed by atoms with E-state index in [0.717, 1.165) is 0 Å². The van der Waals surface area contributed by atoms with Crippen LogP contribution in [0.15, 0.2) is 0 Å². The molecular weight excluding hydrogens is 214 g/mol. The summed E-state index contributed by atoms with van der Waals surface area (Å²) in [7, 11) is 1.46. The predicted octanol–water partition coefficient (Wildman–Crippen LogP) is -1.57. The molecule has 0 radical (unpaired) electrons. The number of amides is 2. The molecule has 0 aliphatic heterocycles. The van der Waals surface area contributed by atoms with Gasteiger partial charge in [0.2, 0.25) is 11.8 Å². The standard InChI is InChI=1S/C9H17N3O4/c1-5(10)8(14)12-6(9(15)16)3-4-7(13)11-2/h5-6H,3-4,10H2,1-2H3,(H,11,13)(H,12,14)(H,15,16). The normalized spacial score (nSPS) is 13.7. The van der Waals surface area contributed by atoms with E-state index in [1.807, 2.05) is 0 Å². The molecule has 0 spiro atoms. The molecule has 0 aromatic rings. The fourth-order valence-electron chi connectivity index (χ4n) is 0.961. The first-order valence-corrected chi connectivity index (χ1v) is 4.87. The molecule has 0 aliphatic rings. The molecule has 0 aliphatic carbocycles. The third kappa shape index (κ3) is 5.30. The van der Waals surface area contributed by atoms with Crippen molar-refractivity contribution in [3.05, 3.63) is 0 Å². The smallest absolute Gasteiger partial charge is 0.326 e. The summed E-state index contributed by atoms with van der Waals surface area (Å²) in [6.07, 6.45) is 0.0696. The topological polar surface area (TPSA) is 122 Å². The van der Waals surface area contributed by atoms with Gasteiger partial charge in [0.05, 0.1) is 6.04 Å². The third-order valence-electron chi connectivity index (χ3n) is 1.97. The van der Waals surface area contributed by atoms with Gasteiger partial charge in [-0.3, -0.25) is 9.59 Å². The Bertz CT molecular complexity index is 278.